The molecule has 18 heavy (non-hydrogen) atoms. The zero-order valence-corrected chi connectivity index (χ0v) is 12.2. The third kappa shape index (κ3) is 4.57. The van der Waals surface area contributed by atoms with Gasteiger partial charge in [0.25, 0.3) is 0 Å². The number of carbonyl (C=O) groups excluding carboxylic acids is 1. The fraction of sp³-hybridized carbons (Fsp3) is 0.917. The fourth-order valence-electron chi connectivity index (χ4n) is 2.02. The average Bonchev–Trinajstić information content (AvgIpc) is 2.33. The van der Waals surface area contributed by atoms with Gasteiger partial charge >= 0.3 is 0 Å². The molecular formula is C12H24N2O3S. The van der Waals surface area contributed by atoms with Crippen molar-refractivity contribution in [1.82, 2.24) is 9.21 Å². The summed E-state index contributed by atoms with van der Waals surface area (Å²) in [5.74, 6) is 0.261. The van der Waals surface area contributed by atoms with Gasteiger partial charge in [-0.25, -0.2) is 12.7 Å². The first kappa shape index (κ1) is 15.4. The standard InChI is InChI=1S/C12H24N2O3S/c1-3-4-8-13(2)12(15)7-10-14-9-5-6-11-18(14,16)17/h3-11H2,1-2H3. The maximum atomic E-state index is 11.8. The highest BCUT2D eigenvalue weighted by atomic mass is 32.2. The molecule has 0 unspecified atom stereocenters. The number of nitrogens with zero attached hydrogens (tertiary/aromatic N) is 2. The number of hydrogen-bond donors (Lipinski definition) is 0. The van der Waals surface area contributed by atoms with Crippen molar-refractivity contribution in [2.45, 2.75) is 39.0 Å². The lowest BCUT2D eigenvalue weighted by Crippen LogP contribution is -2.40. The molecule has 6 heteroatoms. The van der Waals surface area contributed by atoms with Gasteiger partial charge in [0.15, 0.2) is 0 Å². The molecule has 0 radical (unpaired) electrons. The van der Waals surface area contributed by atoms with Gasteiger partial charge < -0.3 is 4.90 Å². The molecule has 1 fully saturated rings. The molecule has 5 nitrogen and oxygen atoms in total. The molecule has 106 valence electrons. The van der Waals surface area contributed by atoms with Crippen LogP contribution in [0.25, 0.3) is 0 Å². The van der Waals surface area contributed by atoms with Gasteiger partial charge in [-0.3, -0.25) is 4.79 Å². The van der Waals surface area contributed by atoms with E-state index in [9.17, 15) is 13.2 Å². The summed E-state index contributed by atoms with van der Waals surface area (Å²) < 4.78 is 24.9. The quantitative estimate of drug-likeness (QED) is 0.729. The van der Waals surface area contributed by atoms with Crippen molar-refractivity contribution in [2.75, 3.05) is 32.4 Å². The monoisotopic (exact) mass is 276 g/mol. The first-order valence-corrected chi connectivity index (χ1v) is 8.30. The SMILES string of the molecule is CCCCN(C)C(=O)CCN1CCCCS1(=O)=O. The summed E-state index contributed by atoms with van der Waals surface area (Å²) in [6.07, 6.45) is 3.98. The molecule has 1 aliphatic rings. The summed E-state index contributed by atoms with van der Waals surface area (Å²) in [6, 6.07) is 0. The Bertz CT molecular complexity index is 368. The lowest BCUT2D eigenvalue weighted by molar-refractivity contribution is -0.130. The Kier molecular flexibility index (Phi) is 6.08. The molecular weight excluding hydrogens is 252 g/mol. The van der Waals surface area contributed by atoms with E-state index < -0.39 is 10.0 Å². The molecule has 0 bridgehead atoms. The molecule has 0 aromatic rings. The first-order valence-electron chi connectivity index (χ1n) is 6.69. The van der Waals surface area contributed by atoms with Gasteiger partial charge in [0.05, 0.1) is 5.75 Å². The van der Waals surface area contributed by atoms with Gasteiger partial charge in [-0.15, -0.1) is 0 Å². The summed E-state index contributed by atoms with van der Waals surface area (Å²) in [6.45, 7) is 3.73. The van der Waals surface area contributed by atoms with Crippen molar-refractivity contribution in [3.05, 3.63) is 0 Å². The molecule has 1 amide bonds. The van der Waals surface area contributed by atoms with Crippen LogP contribution in [0.3, 0.4) is 0 Å². The molecule has 1 heterocycles. The first-order chi connectivity index (χ1) is 8.47. The number of rotatable bonds is 6. The van der Waals surface area contributed by atoms with Gasteiger partial charge in [-0.05, 0) is 19.3 Å². The molecule has 0 aromatic carbocycles. The molecule has 1 aliphatic heterocycles. The molecule has 1 rings (SSSR count). The van der Waals surface area contributed by atoms with Crippen LogP contribution in [0.4, 0.5) is 0 Å². The molecule has 0 N–H and O–H groups in total. The highest BCUT2D eigenvalue weighted by molar-refractivity contribution is 7.89. The topological polar surface area (TPSA) is 57.7 Å². The van der Waals surface area contributed by atoms with E-state index in [-0.39, 0.29) is 11.7 Å². The summed E-state index contributed by atoms with van der Waals surface area (Å²) >= 11 is 0. The van der Waals surface area contributed by atoms with Crippen LogP contribution in [-0.2, 0) is 14.8 Å². The largest absolute Gasteiger partial charge is 0.346 e. The minimum Gasteiger partial charge on any atom is -0.346 e. The lowest BCUT2D eigenvalue weighted by Gasteiger charge is -2.26. The van der Waals surface area contributed by atoms with Crippen LogP contribution < -0.4 is 0 Å². The van der Waals surface area contributed by atoms with E-state index in [0.717, 1.165) is 32.2 Å². The van der Waals surface area contributed by atoms with E-state index in [1.165, 1.54) is 4.31 Å². The van der Waals surface area contributed by atoms with Crippen LogP contribution in [-0.4, -0.2) is 56.0 Å². The number of hydrogen-bond acceptors (Lipinski definition) is 3. The third-order valence-corrected chi connectivity index (χ3v) is 5.26. The highest BCUT2D eigenvalue weighted by Crippen LogP contribution is 2.14. The maximum absolute atomic E-state index is 11.8. The molecule has 1 saturated heterocycles. The van der Waals surface area contributed by atoms with Gasteiger partial charge in [0.2, 0.25) is 15.9 Å². The van der Waals surface area contributed by atoms with Crippen molar-refractivity contribution in [2.24, 2.45) is 0 Å². The normalized spacial score (nSPS) is 19.7. The van der Waals surface area contributed by atoms with E-state index in [2.05, 4.69) is 6.92 Å². The van der Waals surface area contributed by atoms with Gasteiger partial charge in [-0.1, -0.05) is 13.3 Å². The van der Waals surface area contributed by atoms with E-state index >= 15 is 0 Å². The van der Waals surface area contributed by atoms with E-state index in [4.69, 9.17) is 0 Å². The molecule has 0 aromatic heterocycles. The predicted molar refractivity (Wildman–Crippen MR) is 71.8 cm³/mol. The summed E-state index contributed by atoms with van der Waals surface area (Å²) in [7, 11) is -1.32. The van der Waals surface area contributed by atoms with Gasteiger partial charge in [0, 0.05) is 33.1 Å². The highest BCUT2D eigenvalue weighted by Gasteiger charge is 2.26. The Labute approximate surface area is 110 Å². The maximum Gasteiger partial charge on any atom is 0.223 e. The van der Waals surface area contributed by atoms with Crippen LogP contribution >= 0.6 is 0 Å². The zero-order chi connectivity index (χ0) is 13.6. The zero-order valence-electron chi connectivity index (χ0n) is 11.4. The van der Waals surface area contributed by atoms with E-state index in [1.54, 1.807) is 11.9 Å². The number of carbonyl (C=O) groups is 1. The van der Waals surface area contributed by atoms with Crippen LogP contribution in [0.1, 0.15) is 39.0 Å². The number of sulfonamides is 1. The Hall–Kier alpha value is -0.620. The van der Waals surface area contributed by atoms with Crippen molar-refractivity contribution in [3.8, 4) is 0 Å². The number of unbranched alkanes of at least 4 members (excludes halogenated alkanes) is 1. The second-order valence-corrected chi connectivity index (χ2v) is 6.93. The van der Waals surface area contributed by atoms with E-state index in [0.29, 0.717) is 19.5 Å². The Morgan fingerprint density at radius 2 is 2.06 bits per heavy atom. The summed E-state index contributed by atoms with van der Waals surface area (Å²) in [5.41, 5.74) is 0. The molecule has 0 spiro atoms. The third-order valence-electron chi connectivity index (χ3n) is 3.30. The van der Waals surface area contributed by atoms with Crippen LogP contribution in [0.15, 0.2) is 0 Å². The molecule has 0 saturated carbocycles. The van der Waals surface area contributed by atoms with Crippen LogP contribution in [0.5, 0.6) is 0 Å². The second kappa shape index (κ2) is 7.09. The molecule has 0 atom stereocenters. The number of amides is 1. The average molecular weight is 276 g/mol. The van der Waals surface area contributed by atoms with E-state index in [1.807, 2.05) is 0 Å². The second-order valence-electron chi connectivity index (χ2n) is 4.84. The van der Waals surface area contributed by atoms with Crippen LogP contribution in [0, 0.1) is 0 Å². The Morgan fingerprint density at radius 1 is 1.33 bits per heavy atom. The fourth-order valence-corrected chi connectivity index (χ4v) is 3.63. The van der Waals surface area contributed by atoms with Crippen molar-refractivity contribution < 1.29 is 13.2 Å². The Morgan fingerprint density at radius 3 is 2.67 bits per heavy atom. The van der Waals surface area contributed by atoms with Crippen molar-refractivity contribution in [3.63, 3.8) is 0 Å². The summed E-state index contributed by atoms with van der Waals surface area (Å²) in [5, 5.41) is 0. The van der Waals surface area contributed by atoms with Gasteiger partial charge in [0.1, 0.15) is 0 Å². The summed E-state index contributed by atoms with van der Waals surface area (Å²) in [4.78, 5) is 13.5. The van der Waals surface area contributed by atoms with Crippen molar-refractivity contribution in [1.29, 1.82) is 0 Å². The smallest absolute Gasteiger partial charge is 0.223 e. The van der Waals surface area contributed by atoms with Crippen LogP contribution in [0.2, 0.25) is 0 Å². The van der Waals surface area contributed by atoms with Crippen molar-refractivity contribution >= 4 is 15.9 Å². The lowest BCUT2D eigenvalue weighted by atomic mass is 10.3. The van der Waals surface area contributed by atoms with Gasteiger partial charge in [-0.2, -0.15) is 0 Å². The molecule has 0 aliphatic carbocycles. The predicted octanol–water partition coefficient (Wildman–Crippen LogP) is 1.06. The minimum absolute atomic E-state index is 0.0317. The minimum atomic E-state index is -3.10. The Balaban J connectivity index is 2.37.